The van der Waals surface area contributed by atoms with Crippen molar-refractivity contribution in [2.45, 2.75) is 57.2 Å². The van der Waals surface area contributed by atoms with Crippen LogP contribution in [0.25, 0.3) is 0 Å². The average Bonchev–Trinajstić information content (AvgIpc) is 3.25. The number of aryl methyl sites for hydroxylation is 1. The van der Waals surface area contributed by atoms with Crippen LogP contribution >= 0.6 is 11.6 Å². The van der Waals surface area contributed by atoms with Crippen LogP contribution in [0.5, 0.6) is 11.5 Å². The molecule has 0 saturated heterocycles. The van der Waals surface area contributed by atoms with E-state index in [9.17, 15) is 9.18 Å². The molecule has 1 heterocycles. The van der Waals surface area contributed by atoms with Gasteiger partial charge in [-0.1, -0.05) is 17.7 Å². The quantitative estimate of drug-likeness (QED) is 0.707. The Morgan fingerprint density at radius 3 is 2.71 bits per heavy atom. The third kappa shape index (κ3) is 3.95. The number of aliphatic carboxylic acids is 1. The zero-order valence-electron chi connectivity index (χ0n) is 15.5. The Bertz CT molecular complexity index is 906. The summed E-state index contributed by atoms with van der Waals surface area (Å²) in [5, 5.41) is 9.26. The first-order chi connectivity index (χ1) is 13.4. The summed E-state index contributed by atoms with van der Waals surface area (Å²) in [6.07, 6.45) is 5.46. The van der Waals surface area contributed by atoms with Gasteiger partial charge in [0.25, 0.3) is 0 Å². The molecule has 0 amide bonds. The number of benzene rings is 2. The monoisotopic (exact) mass is 404 g/mol. The van der Waals surface area contributed by atoms with E-state index >= 15 is 0 Å². The smallest absolute Gasteiger partial charge is 0.303 e. The Hall–Kier alpha value is -2.27. The number of halogens is 2. The predicted molar refractivity (Wildman–Crippen MR) is 104 cm³/mol. The molecular formula is C22H22ClFO4. The average molecular weight is 405 g/mol. The van der Waals surface area contributed by atoms with Crippen molar-refractivity contribution in [3.63, 3.8) is 0 Å². The van der Waals surface area contributed by atoms with E-state index in [-0.39, 0.29) is 24.4 Å². The van der Waals surface area contributed by atoms with E-state index < -0.39 is 5.97 Å². The molecule has 1 aliphatic heterocycles. The summed E-state index contributed by atoms with van der Waals surface area (Å²) in [6.45, 7) is 0.182. The summed E-state index contributed by atoms with van der Waals surface area (Å²) in [5.74, 6) is 0.164. The van der Waals surface area contributed by atoms with Crippen LogP contribution in [-0.4, -0.2) is 16.7 Å². The minimum absolute atomic E-state index is 0.0223. The van der Waals surface area contributed by atoms with E-state index in [0.29, 0.717) is 22.8 Å². The van der Waals surface area contributed by atoms with Gasteiger partial charge in [0.1, 0.15) is 29.5 Å². The fourth-order valence-electron chi connectivity index (χ4n) is 4.20. The lowest BCUT2D eigenvalue weighted by Gasteiger charge is -2.23. The molecule has 148 valence electrons. The Morgan fingerprint density at radius 1 is 1.21 bits per heavy atom. The van der Waals surface area contributed by atoms with Crippen molar-refractivity contribution in [3.8, 4) is 11.5 Å². The van der Waals surface area contributed by atoms with Crippen LogP contribution in [0.3, 0.4) is 0 Å². The van der Waals surface area contributed by atoms with Gasteiger partial charge in [-0.25, -0.2) is 4.39 Å². The van der Waals surface area contributed by atoms with Crippen LogP contribution in [-0.2, 0) is 24.2 Å². The molecule has 2 aromatic rings. The highest BCUT2D eigenvalue weighted by Crippen LogP contribution is 2.46. The first kappa shape index (κ1) is 19.1. The van der Waals surface area contributed by atoms with Gasteiger partial charge in [0.2, 0.25) is 0 Å². The van der Waals surface area contributed by atoms with Crippen LogP contribution in [0, 0.1) is 5.82 Å². The molecule has 4 rings (SSSR count). The van der Waals surface area contributed by atoms with Gasteiger partial charge < -0.3 is 14.6 Å². The third-order valence-electron chi connectivity index (χ3n) is 5.58. The number of rotatable bonds is 6. The second-order valence-corrected chi connectivity index (χ2v) is 8.06. The molecule has 0 aromatic heterocycles. The van der Waals surface area contributed by atoms with Crippen molar-refractivity contribution in [1.82, 2.24) is 0 Å². The molecule has 6 heteroatoms. The lowest BCUT2D eigenvalue weighted by atomic mass is 9.95. The fraction of sp³-hybridized carbons (Fsp3) is 0.409. The summed E-state index contributed by atoms with van der Waals surface area (Å²) in [5.41, 5.74) is 2.21. The Balaban J connectivity index is 1.47. The van der Waals surface area contributed by atoms with Crippen LogP contribution in [0.2, 0.25) is 5.02 Å². The van der Waals surface area contributed by atoms with Gasteiger partial charge in [0, 0.05) is 29.0 Å². The van der Waals surface area contributed by atoms with Gasteiger partial charge in [-0.15, -0.1) is 0 Å². The second-order valence-electron chi connectivity index (χ2n) is 7.66. The highest BCUT2D eigenvalue weighted by molar-refractivity contribution is 6.31. The van der Waals surface area contributed by atoms with Crippen molar-refractivity contribution in [3.05, 3.63) is 57.9 Å². The van der Waals surface area contributed by atoms with Crippen LogP contribution in [0.15, 0.2) is 30.3 Å². The van der Waals surface area contributed by atoms with Gasteiger partial charge in [-0.2, -0.15) is 0 Å². The molecule has 0 bridgehead atoms. The number of carbonyl (C=O) groups is 1. The topological polar surface area (TPSA) is 55.8 Å². The van der Waals surface area contributed by atoms with Gasteiger partial charge in [0.15, 0.2) is 0 Å². The summed E-state index contributed by atoms with van der Waals surface area (Å²) < 4.78 is 26.2. The minimum Gasteiger partial charge on any atom is -0.489 e. The molecule has 1 aliphatic carbocycles. The Labute approximate surface area is 168 Å². The second kappa shape index (κ2) is 7.63. The van der Waals surface area contributed by atoms with Gasteiger partial charge in [-0.05, 0) is 61.9 Å². The van der Waals surface area contributed by atoms with Gasteiger partial charge >= 0.3 is 5.97 Å². The normalized spacial score (nSPS) is 16.8. The number of carboxylic acids is 1. The standard InChI is InChI=1S/C22H22ClFO4/c23-19-11-18(5-3-14(19)4-6-20(25)26)27-13-16-10-17(24)9-15-12-22(28-21(15)16)7-1-2-8-22/h3,5,9-11H,1-2,4,6-8,12-13H2,(H,25,26). The van der Waals surface area contributed by atoms with Crippen molar-refractivity contribution < 1.29 is 23.8 Å². The lowest BCUT2D eigenvalue weighted by molar-refractivity contribution is -0.136. The molecule has 28 heavy (non-hydrogen) atoms. The lowest BCUT2D eigenvalue weighted by Crippen LogP contribution is -2.30. The van der Waals surface area contributed by atoms with E-state index in [4.69, 9.17) is 26.2 Å². The number of hydrogen-bond acceptors (Lipinski definition) is 3. The minimum atomic E-state index is -0.864. The maximum Gasteiger partial charge on any atom is 0.303 e. The highest BCUT2D eigenvalue weighted by Gasteiger charge is 2.42. The molecule has 0 unspecified atom stereocenters. The van der Waals surface area contributed by atoms with E-state index in [1.54, 1.807) is 24.3 Å². The van der Waals surface area contributed by atoms with E-state index in [2.05, 4.69) is 0 Å². The zero-order valence-corrected chi connectivity index (χ0v) is 16.2. The van der Waals surface area contributed by atoms with E-state index in [1.165, 1.54) is 6.07 Å². The van der Waals surface area contributed by atoms with Crippen molar-refractivity contribution >= 4 is 17.6 Å². The molecule has 1 spiro atoms. The third-order valence-corrected chi connectivity index (χ3v) is 5.93. The van der Waals surface area contributed by atoms with E-state index in [1.807, 2.05) is 0 Å². The summed E-state index contributed by atoms with van der Waals surface area (Å²) in [6, 6.07) is 8.22. The molecule has 1 N–H and O–H groups in total. The number of hydrogen-bond donors (Lipinski definition) is 1. The number of carboxylic acid groups (broad SMARTS) is 1. The fourth-order valence-corrected chi connectivity index (χ4v) is 4.47. The van der Waals surface area contributed by atoms with E-state index in [0.717, 1.165) is 49.0 Å². The van der Waals surface area contributed by atoms with Crippen LogP contribution < -0.4 is 9.47 Å². The maximum absolute atomic E-state index is 14.1. The first-order valence-electron chi connectivity index (χ1n) is 9.57. The largest absolute Gasteiger partial charge is 0.489 e. The van der Waals surface area contributed by atoms with Gasteiger partial charge in [0.05, 0.1) is 0 Å². The molecule has 0 atom stereocenters. The van der Waals surface area contributed by atoms with Crippen molar-refractivity contribution in [2.75, 3.05) is 0 Å². The molecule has 2 aliphatic rings. The Morgan fingerprint density at radius 2 is 2.00 bits per heavy atom. The number of fused-ring (bicyclic) bond motifs is 1. The van der Waals surface area contributed by atoms with Crippen LogP contribution in [0.4, 0.5) is 4.39 Å². The highest BCUT2D eigenvalue weighted by atomic mass is 35.5. The molecular weight excluding hydrogens is 383 g/mol. The van der Waals surface area contributed by atoms with Gasteiger partial charge in [-0.3, -0.25) is 4.79 Å². The van der Waals surface area contributed by atoms with Crippen molar-refractivity contribution in [2.24, 2.45) is 0 Å². The first-order valence-corrected chi connectivity index (χ1v) is 9.95. The van der Waals surface area contributed by atoms with Crippen molar-refractivity contribution in [1.29, 1.82) is 0 Å². The Kier molecular flexibility index (Phi) is 5.19. The molecule has 2 aromatic carbocycles. The molecule has 1 fully saturated rings. The van der Waals surface area contributed by atoms with Crippen LogP contribution in [0.1, 0.15) is 48.8 Å². The summed E-state index contributed by atoms with van der Waals surface area (Å²) in [7, 11) is 0. The summed E-state index contributed by atoms with van der Waals surface area (Å²) >= 11 is 6.24. The molecule has 0 radical (unpaired) electrons. The SMILES string of the molecule is O=C(O)CCc1ccc(OCc2cc(F)cc3c2OC2(CCCC2)C3)cc1Cl. The zero-order chi connectivity index (χ0) is 19.7. The maximum atomic E-state index is 14.1. The molecule has 4 nitrogen and oxygen atoms in total. The number of ether oxygens (including phenoxy) is 2. The molecule has 1 saturated carbocycles. The predicted octanol–water partition coefficient (Wildman–Crippen LogP) is 5.32. The summed E-state index contributed by atoms with van der Waals surface area (Å²) in [4.78, 5) is 10.7.